The van der Waals surface area contributed by atoms with Crippen molar-refractivity contribution in [2.45, 2.75) is 13.0 Å². The molecule has 1 aromatic rings. The van der Waals surface area contributed by atoms with Gasteiger partial charge in [0.15, 0.2) is 0 Å². The van der Waals surface area contributed by atoms with Crippen molar-refractivity contribution in [2.24, 2.45) is 5.41 Å². The third-order valence-corrected chi connectivity index (χ3v) is 4.76. The number of halogens is 2. The van der Waals surface area contributed by atoms with Gasteiger partial charge in [0.1, 0.15) is 0 Å². The van der Waals surface area contributed by atoms with Crippen LogP contribution >= 0.6 is 23.2 Å². The summed E-state index contributed by atoms with van der Waals surface area (Å²) in [5.41, 5.74) is 0.368. The average Bonchev–Trinajstić information content (AvgIpc) is 2.93. The Kier molecular flexibility index (Phi) is 5.49. The normalized spacial score (nSPS) is 21.5. The van der Waals surface area contributed by atoms with Crippen molar-refractivity contribution < 1.29 is 9.53 Å². The summed E-state index contributed by atoms with van der Waals surface area (Å²) in [5.74, 6) is 0.0744. The van der Waals surface area contributed by atoms with E-state index < -0.39 is 5.41 Å². The third kappa shape index (κ3) is 3.51. The van der Waals surface area contributed by atoms with Crippen molar-refractivity contribution in [1.29, 1.82) is 0 Å². The highest BCUT2D eigenvalue weighted by molar-refractivity contribution is 6.42. The Hall–Kier alpha value is -0.810. The first kappa shape index (κ1) is 16.6. The van der Waals surface area contributed by atoms with E-state index in [1.165, 1.54) is 0 Å². The summed E-state index contributed by atoms with van der Waals surface area (Å²) in [7, 11) is 3.41. The fourth-order valence-corrected chi connectivity index (χ4v) is 3.17. The molecule has 0 radical (unpaired) electrons. The first-order valence-electron chi connectivity index (χ1n) is 6.88. The molecule has 1 aliphatic rings. The average molecular weight is 331 g/mol. The molecule has 0 spiro atoms. The molecular formula is C15H20Cl2N2O2. The minimum Gasteiger partial charge on any atom is -0.384 e. The van der Waals surface area contributed by atoms with Gasteiger partial charge in [0.25, 0.3) is 0 Å². The highest BCUT2D eigenvalue weighted by atomic mass is 35.5. The largest absolute Gasteiger partial charge is 0.384 e. The SMILES string of the molecule is COCC1(C(=O)N(C)Cc2cccc(Cl)c2Cl)CCNC1. The Balaban J connectivity index is 2.13. The van der Waals surface area contributed by atoms with Gasteiger partial charge in [-0.05, 0) is 24.6 Å². The summed E-state index contributed by atoms with van der Waals surface area (Å²) >= 11 is 12.2. The number of methoxy groups -OCH3 is 1. The number of nitrogens with zero attached hydrogens (tertiary/aromatic N) is 1. The molecule has 0 bridgehead atoms. The Morgan fingerprint density at radius 2 is 2.24 bits per heavy atom. The number of ether oxygens (including phenoxy) is 1. The molecule has 1 aromatic carbocycles. The zero-order valence-corrected chi connectivity index (χ0v) is 13.8. The van der Waals surface area contributed by atoms with Gasteiger partial charge >= 0.3 is 0 Å². The quantitative estimate of drug-likeness (QED) is 0.902. The van der Waals surface area contributed by atoms with Gasteiger partial charge in [0.05, 0.1) is 22.1 Å². The van der Waals surface area contributed by atoms with Crippen LogP contribution in [0.25, 0.3) is 0 Å². The molecule has 1 N–H and O–H groups in total. The van der Waals surface area contributed by atoms with Crippen LogP contribution in [0.5, 0.6) is 0 Å². The fraction of sp³-hybridized carbons (Fsp3) is 0.533. The number of carbonyl (C=O) groups excluding carboxylic acids is 1. The zero-order chi connectivity index (χ0) is 15.5. The lowest BCUT2D eigenvalue weighted by molar-refractivity contribution is -0.143. The molecule has 1 saturated heterocycles. The topological polar surface area (TPSA) is 41.6 Å². The van der Waals surface area contributed by atoms with Crippen molar-refractivity contribution in [3.05, 3.63) is 33.8 Å². The van der Waals surface area contributed by atoms with Crippen LogP contribution in [0.1, 0.15) is 12.0 Å². The number of hydrogen-bond acceptors (Lipinski definition) is 3. The predicted octanol–water partition coefficient (Wildman–Crippen LogP) is 2.58. The Bertz CT molecular complexity index is 516. The van der Waals surface area contributed by atoms with E-state index in [0.29, 0.717) is 29.7 Å². The molecule has 0 saturated carbocycles. The van der Waals surface area contributed by atoms with Crippen LogP contribution in [-0.2, 0) is 16.1 Å². The standard InChI is InChI=1S/C15H20Cl2N2O2/c1-19(8-11-4-3-5-12(16)13(11)17)14(20)15(10-21-2)6-7-18-9-15/h3-5,18H,6-10H2,1-2H3. The summed E-state index contributed by atoms with van der Waals surface area (Å²) in [4.78, 5) is 14.5. The van der Waals surface area contributed by atoms with Crippen molar-refractivity contribution in [1.82, 2.24) is 10.2 Å². The maximum absolute atomic E-state index is 12.8. The number of hydrogen-bond donors (Lipinski definition) is 1. The number of nitrogens with one attached hydrogen (secondary N) is 1. The predicted molar refractivity (Wildman–Crippen MR) is 84.7 cm³/mol. The third-order valence-electron chi connectivity index (χ3n) is 3.90. The second-order valence-electron chi connectivity index (χ2n) is 5.51. The minimum atomic E-state index is -0.478. The second kappa shape index (κ2) is 6.97. The lowest BCUT2D eigenvalue weighted by Gasteiger charge is -2.31. The number of rotatable bonds is 5. The van der Waals surface area contributed by atoms with E-state index in [-0.39, 0.29) is 5.91 Å². The summed E-state index contributed by atoms with van der Waals surface area (Å²) in [6.45, 7) is 2.34. The van der Waals surface area contributed by atoms with Gasteiger partial charge in [0, 0.05) is 27.2 Å². The smallest absolute Gasteiger partial charge is 0.232 e. The highest BCUT2D eigenvalue weighted by Gasteiger charge is 2.43. The second-order valence-corrected chi connectivity index (χ2v) is 6.30. The van der Waals surface area contributed by atoms with Gasteiger partial charge in [-0.2, -0.15) is 0 Å². The molecule has 1 heterocycles. The van der Waals surface area contributed by atoms with E-state index in [9.17, 15) is 4.79 Å². The summed E-state index contributed by atoms with van der Waals surface area (Å²) in [6.07, 6.45) is 0.785. The molecule has 21 heavy (non-hydrogen) atoms. The Labute approximate surface area is 135 Å². The van der Waals surface area contributed by atoms with Crippen molar-refractivity contribution in [3.63, 3.8) is 0 Å². The van der Waals surface area contributed by atoms with Crippen LogP contribution in [0, 0.1) is 5.41 Å². The molecule has 1 unspecified atom stereocenters. The van der Waals surface area contributed by atoms with E-state index >= 15 is 0 Å². The minimum absolute atomic E-state index is 0.0744. The monoisotopic (exact) mass is 330 g/mol. The molecule has 2 rings (SSSR count). The van der Waals surface area contributed by atoms with Gasteiger partial charge in [-0.25, -0.2) is 0 Å². The van der Waals surface area contributed by atoms with Gasteiger partial charge in [-0.15, -0.1) is 0 Å². The van der Waals surface area contributed by atoms with Crippen LogP contribution in [0.15, 0.2) is 18.2 Å². The fourth-order valence-electron chi connectivity index (χ4n) is 2.79. The van der Waals surface area contributed by atoms with E-state index in [1.54, 1.807) is 25.1 Å². The van der Waals surface area contributed by atoms with Gasteiger partial charge in [0.2, 0.25) is 5.91 Å². The van der Waals surface area contributed by atoms with Crippen molar-refractivity contribution in [2.75, 3.05) is 33.9 Å². The molecule has 116 valence electrons. The summed E-state index contributed by atoms with van der Waals surface area (Å²) < 4.78 is 5.26. The van der Waals surface area contributed by atoms with Crippen LogP contribution in [0.2, 0.25) is 10.0 Å². The molecule has 1 fully saturated rings. The lowest BCUT2D eigenvalue weighted by Crippen LogP contribution is -2.46. The van der Waals surface area contributed by atoms with Crippen LogP contribution < -0.4 is 5.32 Å². The molecule has 1 aliphatic heterocycles. The Morgan fingerprint density at radius 3 is 2.86 bits per heavy atom. The van der Waals surface area contributed by atoms with E-state index in [2.05, 4.69) is 5.32 Å². The van der Waals surface area contributed by atoms with Gasteiger partial charge in [-0.1, -0.05) is 35.3 Å². The first-order valence-corrected chi connectivity index (χ1v) is 7.64. The van der Waals surface area contributed by atoms with E-state index in [1.807, 2.05) is 12.1 Å². The maximum atomic E-state index is 12.8. The zero-order valence-electron chi connectivity index (χ0n) is 12.3. The number of amides is 1. The molecule has 6 heteroatoms. The van der Waals surface area contributed by atoms with Crippen LogP contribution in [0.4, 0.5) is 0 Å². The van der Waals surface area contributed by atoms with Crippen molar-refractivity contribution in [3.8, 4) is 0 Å². The van der Waals surface area contributed by atoms with Crippen molar-refractivity contribution >= 4 is 29.1 Å². The number of carbonyl (C=O) groups is 1. The van der Waals surface area contributed by atoms with Gasteiger partial charge in [-0.3, -0.25) is 4.79 Å². The molecular weight excluding hydrogens is 311 g/mol. The molecule has 4 nitrogen and oxygen atoms in total. The Morgan fingerprint density at radius 1 is 1.48 bits per heavy atom. The summed E-state index contributed by atoms with van der Waals surface area (Å²) in [6, 6.07) is 5.46. The number of benzene rings is 1. The first-order chi connectivity index (χ1) is 10.00. The highest BCUT2D eigenvalue weighted by Crippen LogP contribution is 2.30. The lowest BCUT2D eigenvalue weighted by atomic mass is 9.86. The van der Waals surface area contributed by atoms with Crippen LogP contribution in [-0.4, -0.2) is 44.7 Å². The molecule has 0 aromatic heterocycles. The van der Waals surface area contributed by atoms with E-state index in [4.69, 9.17) is 27.9 Å². The van der Waals surface area contributed by atoms with Crippen LogP contribution in [0.3, 0.4) is 0 Å². The van der Waals surface area contributed by atoms with E-state index in [0.717, 1.165) is 18.5 Å². The molecule has 1 atom stereocenters. The summed E-state index contributed by atoms with van der Waals surface area (Å²) in [5, 5.41) is 4.25. The van der Waals surface area contributed by atoms with Gasteiger partial charge < -0.3 is 15.0 Å². The molecule has 1 amide bonds. The molecule has 0 aliphatic carbocycles. The maximum Gasteiger partial charge on any atom is 0.232 e.